The second-order valence-corrected chi connectivity index (χ2v) is 10.2. The molecule has 1 N–H and O–H groups in total. The van der Waals surface area contributed by atoms with Gasteiger partial charge in [-0.3, -0.25) is 4.90 Å². The first-order chi connectivity index (χ1) is 16.9. The largest absolute Gasteiger partial charge is 0.418 e. The van der Waals surface area contributed by atoms with Crippen LogP contribution in [-0.2, 0) is 6.18 Å². The van der Waals surface area contributed by atoms with Gasteiger partial charge < -0.3 is 9.88 Å². The summed E-state index contributed by atoms with van der Waals surface area (Å²) in [7, 11) is 0. The molecular weight excluding hydrogens is 491 g/mol. The molecule has 0 aliphatic carbocycles. The standard InChI is InChI=1S/C25H22F3N5S2/c26-25(27,28)19-15-17(16-29)24(31-23(19)22-5-2-13-34-22)35-14-12-32-8-10-33(11-9-32)21-4-1-3-20-18(21)6-7-30-20/h1-7,13,15,30H,8-12,14H2. The number of anilines is 1. The van der Waals surface area contributed by atoms with Crippen LogP contribution in [0.25, 0.3) is 21.5 Å². The molecule has 0 amide bonds. The lowest BCUT2D eigenvalue weighted by molar-refractivity contribution is -0.137. The molecule has 0 saturated carbocycles. The second-order valence-electron chi connectivity index (χ2n) is 8.22. The van der Waals surface area contributed by atoms with E-state index in [1.807, 2.05) is 12.3 Å². The zero-order valence-electron chi connectivity index (χ0n) is 18.7. The van der Waals surface area contributed by atoms with E-state index in [0.29, 0.717) is 15.7 Å². The van der Waals surface area contributed by atoms with Crippen molar-refractivity contribution in [3.63, 3.8) is 0 Å². The van der Waals surface area contributed by atoms with Gasteiger partial charge in [0.25, 0.3) is 0 Å². The first kappa shape index (κ1) is 23.7. The number of thiophene rings is 1. The Morgan fingerprint density at radius 2 is 1.94 bits per heavy atom. The number of nitriles is 1. The van der Waals surface area contributed by atoms with Crippen LogP contribution in [-0.4, -0.2) is 53.3 Å². The maximum atomic E-state index is 13.6. The Kier molecular flexibility index (Phi) is 6.73. The van der Waals surface area contributed by atoms with Gasteiger partial charge in [-0.15, -0.1) is 23.1 Å². The van der Waals surface area contributed by atoms with Crippen molar-refractivity contribution < 1.29 is 13.2 Å². The fourth-order valence-corrected chi connectivity index (χ4v) is 6.02. The maximum absolute atomic E-state index is 13.6. The predicted molar refractivity (Wildman–Crippen MR) is 135 cm³/mol. The molecule has 1 fully saturated rings. The highest BCUT2D eigenvalue weighted by Gasteiger charge is 2.36. The van der Waals surface area contributed by atoms with Crippen LogP contribution < -0.4 is 4.90 Å². The van der Waals surface area contributed by atoms with E-state index in [4.69, 9.17) is 0 Å². The van der Waals surface area contributed by atoms with Gasteiger partial charge in [0, 0.05) is 61.3 Å². The molecule has 0 bridgehead atoms. The molecule has 5 rings (SSSR count). The van der Waals surface area contributed by atoms with E-state index in [-0.39, 0.29) is 11.3 Å². The van der Waals surface area contributed by atoms with Crippen molar-refractivity contribution in [1.82, 2.24) is 14.9 Å². The number of thioether (sulfide) groups is 1. The number of fused-ring (bicyclic) bond motifs is 1. The van der Waals surface area contributed by atoms with E-state index >= 15 is 0 Å². The fourth-order valence-electron chi connectivity index (χ4n) is 4.33. The molecule has 0 spiro atoms. The van der Waals surface area contributed by atoms with Crippen LogP contribution in [0.4, 0.5) is 18.9 Å². The molecule has 1 saturated heterocycles. The van der Waals surface area contributed by atoms with Crippen LogP contribution in [0.1, 0.15) is 11.1 Å². The summed E-state index contributed by atoms with van der Waals surface area (Å²) in [5.74, 6) is 0.643. The van der Waals surface area contributed by atoms with Crippen molar-refractivity contribution in [2.45, 2.75) is 11.2 Å². The Balaban J connectivity index is 1.24. The maximum Gasteiger partial charge on any atom is 0.418 e. The van der Waals surface area contributed by atoms with Crippen molar-refractivity contribution in [2.24, 2.45) is 0 Å². The first-order valence-corrected chi connectivity index (χ1v) is 13.0. The third-order valence-electron chi connectivity index (χ3n) is 6.10. The zero-order valence-corrected chi connectivity index (χ0v) is 20.3. The van der Waals surface area contributed by atoms with Crippen LogP contribution in [0.5, 0.6) is 0 Å². The summed E-state index contributed by atoms with van der Waals surface area (Å²) < 4.78 is 40.9. The summed E-state index contributed by atoms with van der Waals surface area (Å²) >= 11 is 2.55. The highest BCUT2D eigenvalue weighted by atomic mass is 32.2. The minimum Gasteiger partial charge on any atom is -0.368 e. The number of alkyl halides is 3. The van der Waals surface area contributed by atoms with E-state index in [0.717, 1.165) is 44.3 Å². The molecule has 4 aromatic rings. The van der Waals surface area contributed by atoms with Gasteiger partial charge in [0.15, 0.2) is 0 Å². The molecule has 1 aliphatic rings. The lowest BCUT2D eigenvalue weighted by atomic mass is 10.1. The number of nitrogens with one attached hydrogen (secondary N) is 1. The predicted octanol–water partition coefficient (Wildman–Crippen LogP) is 6.10. The van der Waals surface area contributed by atoms with Crippen LogP contribution in [0, 0.1) is 11.3 Å². The Morgan fingerprint density at radius 3 is 2.66 bits per heavy atom. The normalized spacial score (nSPS) is 15.0. The molecule has 10 heteroatoms. The Hall–Kier alpha value is -3.00. The molecule has 1 aliphatic heterocycles. The molecule has 4 heterocycles. The molecule has 0 radical (unpaired) electrons. The van der Waals surface area contributed by atoms with E-state index in [1.165, 1.54) is 34.2 Å². The lowest BCUT2D eigenvalue weighted by Crippen LogP contribution is -2.47. The second kappa shape index (κ2) is 9.93. The topological polar surface area (TPSA) is 59.0 Å². The van der Waals surface area contributed by atoms with E-state index in [2.05, 4.69) is 44.0 Å². The van der Waals surface area contributed by atoms with Gasteiger partial charge in [0.1, 0.15) is 11.1 Å². The van der Waals surface area contributed by atoms with Gasteiger partial charge in [-0.05, 0) is 35.7 Å². The van der Waals surface area contributed by atoms with Crippen molar-refractivity contribution in [3.8, 4) is 16.6 Å². The average molecular weight is 514 g/mol. The van der Waals surface area contributed by atoms with Crippen molar-refractivity contribution >= 4 is 39.7 Å². The SMILES string of the molecule is N#Cc1cc(C(F)(F)F)c(-c2cccs2)nc1SCCN1CCN(c2cccc3[nH]ccc23)CC1. The summed E-state index contributed by atoms with van der Waals surface area (Å²) in [5, 5.41) is 12.8. The molecule has 0 unspecified atom stereocenters. The molecular formula is C25H22F3N5S2. The minimum atomic E-state index is -4.58. The number of pyridine rings is 1. The van der Waals surface area contributed by atoms with Crippen molar-refractivity contribution in [2.75, 3.05) is 43.4 Å². The molecule has 5 nitrogen and oxygen atoms in total. The number of aromatic nitrogens is 2. The summed E-state index contributed by atoms with van der Waals surface area (Å²) in [5.41, 5.74) is 1.34. The van der Waals surface area contributed by atoms with Gasteiger partial charge >= 0.3 is 6.18 Å². The molecule has 0 atom stereocenters. The smallest absolute Gasteiger partial charge is 0.368 e. The third kappa shape index (κ3) is 5.03. The number of H-pyrrole nitrogens is 1. The van der Waals surface area contributed by atoms with Crippen LogP contribution in [0.3, 0.4) is 0 Å². The summed E-state index contributed by atoms with van der Waals surface area (Å²) in [6.07, 6.45) is -2.62. The zero-order chi connectivity index (χ0) is 24.4. The number of aromatic amines is 1. The van der Waals surface area contributed by atoms with E-state index in [9.17, 15) is 18.4 Å². The lowest BCUT2D eigenvalue weighted by Gasteiger charge is -2.36. The summed E-state index contributed by atoms with van der Waals surface area (Å²) in [6.45, 7) is 4.37. The summed E-state index contributed by atoms with van der Waals surface area (Å²) in [4.78, 5) is 12.7. The van der Waals surface area contributed by atoms with Gasteiger partial charge in [-0.2, -0.15) is 18.4 Å². The van der Waals surface area contributed by atoms with Gasteiger partial charge in [-0.25, -0.2) is 4.98 Å². The highest BCUT2D eigenvalue weighted by Crippen LogP contribution is 2.40. The van der Waals surface area contributed by atoms with Crippen LogP contribution >= 0.6 is 23.1 Å². The number of rotatable bonds is 6. The molecule has 1 aromatic carbocycles. The number of piperazine rings is 1. The Morgan fingerprint density at radius 1 is 1.11 bits per heavy atom. The number of benzene rings is 1. The first-order valence-electron chi connectivity index (χ1n) is 11.2. The van der Waals surface area contributed by atoms with Crippen molar-refractivity contribution in [1.29, 1.82) is 5.26 Å². The number of hydrogen-bond acceptors (Lipinski definition) is 6. The molecule has 180 valence electrons. The number of nitrogens with zero attached hydrogens (tertiary/aromatic N) is 4. The molecule has 35 heavy (non-hydrogen) atoms. The van der Waals surface area contributed by atoms with Crippen LogP contribution in [0.2, 0.25) is 0 Å². The highest BCUT2D eigenvalue weighted by molar-refractivity contribution is 7.99. The van der Waals surface area contributed by atoms with Gasteiger partial charge in [0.2, 0.25) is 0 Å². The van der Waals surface area contributed by atoms with Gasteiger partial charge in [0.05, 0.1) is 21.7 Å². The summed E-state index contributed by atoms with van der Waals surface area (Å²) in [6, 6.07) is 14.5. The van der Waals surface area contributed by atoms with Gasteiger partial charge in [-0.1, -0.05) is 12.1 Å². The number of hydrogen-bond donors (Lipinski definition) is 1. The average Bonchev–Trinajstić information content (AvgIpc) is 3.56. The number of halogens is 3. The Bertz CT molecular complexity index is 1350. The van der Waals surface area contributed by atoms with E-state index in [1.54, 1.807) is 17.5 Å². The van der Waals surface area contributed by atoms with Crippen molar-refractivity contribution in [3.05, 3.63) is 65.2 Å². The monoisotopic (exact) mass is 513 g/mol. The Labute approximate surface area is 209 Å². The van der Waals surface area contributed by atoms with E-state index < -0.39 is 11.7 Å². The third-order valence-corrected chi connectivity index (χ3v) is 7.95. The quantitative estimate of drug-likeness (QED) is 0.316. The van der Waals surface area contributed by atoms with Crippen LogP contribution in [0.15, 0.2) is 59.1 Å². The minimum absolute atomic E-state index is 0.0351. The fraction of sp³-hybridized carbons (Fsp3) is 0.280. The molecule has 3 aromatic heterocycles.